The fraction of sp³-hybridized carbons (Fsp3) is 0.875. The molecule has 1 saturated heterocycles. The number of alkyl halides is 2. The molecule has 0 bridgehead atoms. The molecule has 2 atom stereocenters. The van der Waals surface area contributed by atoms with Gasteiger partial charge >= 0.3 is 0 Å². The molecule has 0 aliphatic carbocycles. The molecule has 76 valence electrons. The van der Waals surface area contributed by atoms with Gasteiger partial charge in [-0.15, -0.1) is 0 Å². The molecule has 0 aromatic rings. The topological polar surface area (TPSA) is 35.5 Å². The molecule has 0 radical (unpaired) electrons. The molecule has 0 saturated carbocycles. The number of carbonyl (C=O) groups is 1. The number of carbonyl (C=O) groups excluding carboxylic acids is 1. The SMILES string of the molecule is COCC(=O)C1CCC(C(F)F)O1. The lowest BCUT2D eigenvalue weighted by molar-refractivity contribution is -0.137. The van der Waals surface area contributed by atoms with Crippen molar-refractivity contribution in [2.75, 3.05) is 13.7 Å². The van der Waals surface area contributed by atoms with Crippen molar-refractivity contribution in [1.82, 2.24) is 0 Å². The fourth-order valence-electron chi connectivity index (χ4n) is 1.32. The third kappa shape index (κ3) is 2.70. The number of methoxy groups -OCH3 is 1. The molecule has 0 spiro atoms. The Labute approximate surface area is 75.0 Å². The molecule has 0 aromatic carbocycles. The number of ketones is 1. The van der Waals surface area contributed by atoms with Crippen molar-refractivity contribution < 1.29 is 23.0 Å². The minimum absolute atomic E-state index is 0.0688. The van der Waals surface area contributed by atoms with Gasteiger partial charge in [-0.2, -0.15) is 0 Å². The van der Waals surface area contributed by atoms with Gasteiger partial charge in [-0.05, 0) is 12.8 Å². The van der Waals surface area contributed by atoms with E-state index in [0.717, 1.165) is 0 Å². The van der Waals surface area contributed by atoms with Crippen LogP contribution >= 0.6 is 0 Å². The van der Waals surface area contributed by atoms with Crippen molar-refractivity contribution in [2.24, 2.45) is 0 Å². The highest BCUT2D eigenvalue weighted by Gasteiger charge is 2.35. The molecular weight excluding hydrogens is 182 g/mol. The van der Waals surface area contributed by atoms with Gasteiger partial charge in [0.25, 0.3) is 6.43 Å². The Balaban J connectivity index is 2.36. The van der Waals surface area contributed by atoms with E-state index in [1.54, 1.807) is 0 Å². The monoisotopic (exact) mass is 194 g/mol. The Bertz CT molecular complexity index is 184. The highest BCUT2D eigenvalue weighted by Crippen LogP contribution is 2.24. The van der Waals surface area contributed by atoms with E-state index < -0.39 is 18.6 Å². The summed E-state index contributed by atoms with van der Waals surface area (Å²) in [7, 11) is 1.39. The van der Waals surface area contributed by atoms with Gasteiger partial charge in [-0.1, -0.05) is 0 Å². The third-order valence-electron chi connectivity index (χ3n) is 1.98. The number of halogens is 2. The maximum atomic E-state index is 12.1. The first-order valence-electron chi connectivity index (χ1n) is 4.10. The van der Waals surface area contributed by atoms with Crippen molar-refractivity contribution in [2.45, 2.75) is 31.5 Å². The summed E-state index contributed by atoms with van der Waals surface area (Å²) in [6.45, 7) is -0.0688. The molecule has 5 heteroatoms. The Morgan fingerprint density at radius 1 is 1.62 bits per heavy atom. The fourth-order valence-corrected chi connectivity index (χ4v) is 1.32. The van der Waals surface area contributed by atoms with Crippen LogP contribution in [-0.4, -0.2) is 38.1 Å². The van der Waals surface area contributed by atoms with Gasteiger partial charge in [0.15, 0.2) is 5.78 Å². The van der Waals surface area contributed by atoms with Gasteiger partial charge in [0, 0.05) is 7.11 Å². The number of rotatable bonds is 4. The van der Waals surface area contributed by atoms with E-state index in [4.69, 9.17) is 4.74 Å². The molecule has 0 amide bonds. The molecule has 1 heterocycles. The Morgan fingerprint density at radius 2 is 2.31 bits per heavy atom. The van der Waals surface area contributed by atoms with Gasteiger partial charge in [0.05, 0.1) is 0 Å². The lowest BCUT2D eigenvalue weighted by Gasteiger charge is -2.11. The summed E-state index contributed by atoms with van der Waals surface area (Å²) in [4.78, 5) is 11.1. The van der Waals surface area contributed by atoms with Crippen molar-refractivity contribution in [3.05, 3.63) is 0 Å². The molecular formula is C8H12F2O3. The zero-order valence-electron chi connectivity index (χ0n) is 7.33. The molecule has 1 aliphatic rings. The van der Waals surface area contributed by atoms with Gasteiger partial charge in [-0.25, -0.2) is 8.78 Å². The van der Waals surface area contributed by atoms with E-state index in [1.807, 2.05) is 0 Å². The van der Waals surface area contributed by atoms with Gasteiger partial charge < -0.3 is 9.47 Å². The second-order valence-electron chi connectivity index (χ2n) is 2.97. The van der Waals surface area contributed by atoms with Crippen LogP contribution in [0.5, 0.6) is 0 Å². The van der Waals surface area contributed by atoms with Gasteiger partial charge in [0.2, 0.25) is 0 Å². The summed E-state index contributed by atoms with van der Waals surface area (Å²) in [5.41, 5.74) is 0. The second kappa shape index (κ2) is 4.62. The lowest BCUT2D eigenvalue weighted by atomic mass is 10.1. The minimum Gasteiger partial charge on any atom is -0.377 e. The predicted octanol–water partition coefficient (Wildman–Crippen LogP) is 1.01. The molecule has 13 heavy (non-hydrogen) atoms. The zero-order valence-corrected chi connectivity index (χ0v) is 7.33. The van der Waals surface area contributed by atoms with Crippen molar-refractivity contribution in [1.29, 1.82) is 0 Å². The molecule has 1 aliphatic heterocycles. The molecule has 0 N–H and O–H groups in total. The average Bonchev–Trinajstić information content (AvgIpc) is 2.52. The average molecular weight is 194 g/mol. The minimum atomic E-state index is -2.50. The van der Waals surface area contributed by atoms with E-state index in [-0.39, 0.29) is 18.8 Å². The van der Waals surface area contributed by atoms with Gasteiger partial charge in [0.1, 0.15) is 18.8 Å². The largest absolute Gasteiger partial charge is 0.377 e. The summed E-state index contributed by atoms with van der Waals surface area (Å²) in [5.74, 6) is -0.259. The molecule has 0 aromatic heterocycles. The van der Waals surface area contributed by atoms with Crippen LogP contribution in [0.2, 0.25) is 0 Å². The van der Waals surface area contributed by atoms with E-state index in [0.29, 0.717) is 6.42 Å². The van der Waals surface area contributed by atoms with Crippen LogP contribution in [0.25, 0.3) is 0 Å². The van der Waals surface area contributed by atoms with Crippen LogP contribution in [0.3, 0.4) is 0 Å². The van der Waals surface area contributed by atoms with Crippen LogP contribution in [0.1, 0.15) is 12.8 Å². The standard InChI is InChI=1S/C8H12F2O3/c1-12-4-5(11)6-2-3-7(13-6)8(9)10/h6-8H,2-4H2,1H3. The van der Waals surface area contributed by atoms with Crippen LogP contribution < -0.4 is 0 Å². The van der Waals surface area contributed by atoms with Crippen LogP contribution in [0.15, 0.2) is 0 Å². The number of Topliss-reactive ketones (excluding diaryl/α,β-unsaturated/α-hetero) is 1. The molecule has 1 fully saturated rings. The first-order chi connectivity index (χ1) is 6.15. The maximum absolute atomic E-state index is 12.1. The Hall–Kier alpha value is -0.550. The van der Waals surface area contributed by atoms with Crippen molar-refractivity contribution in [3.8, 4) is 0 Å². The summed E-state index contributed by atoms with van der Waals surface area (Å²) in [5, 5.41) is 0. The smallest absolute Gasteiger partial charge is 0.264 e. The van der Waals surface area contributed by atoms with E-state index in [9.17, 15) is 13.6 Å². The number of ether oxygens (including phenoxy) is 2. The van der Waals surface area contributed by atoms with Gasteiger partial charge in [-0.3, -0.25) is 4.79 Å². The Kier molecular flexibility index (Phi) is 3.74. The maximum Gasteiger partial charge on any atom is 0.264 e. The van der Waals surface area contributed by atoms with E-state index in [2.05, 4.69) is 4.74 Å². The summed E-state index contributed by atoms with van der Waals surface area (Å²) in [6, 6.07) is 0. The first kappa shape index (κ1) is 10.5. The molecule has 2 unspecified atom stereocenters. The second-order valence-corrected chi connectivity index (χ2v) is 2.97. The van der Waals surface area contributed by atoms with Crippen molar-refractivity contribution >= 4 is 5.78 Å². The van der Waals surface area contributed by atoms with Crippen LogP contribution in [-0.2, 0) is 14.3 Å². The summed E-state index contributed by atoms with van der Waals surface area (Å²) < 4.78 is 33.6. The Morgan fingerprint density at radius 3 is 2.77 bits per heavy atom. The summed E-state index contributed by atoms with van der Waals surface area (Å²) >= 11 is 0. The van der Waals surface area contributed by atoms with Crippen LogP contribution in [0, 0.1) is 0 Å². The highest BCUT2D eigenvalue weighted by molar-refractivity contribution is 5.84. The van der Waals surface area contributed by atoms with E-state index >= 15 is 0 Å². The number of hydrogen-bond acceptors (Lipinski definition) is 3. The lowest BCUT2D eigenvalue weighted by Crippen LogP contribution is -2.27. The quantitative estimate of drug-likeness (QED) is 0.670. The highest BCUT2D eigenvalue weighted by atomic mass is 19.3. The normalized spacial score (nSPS) is 28.3. The number of hydrogen-bond donors (Lipinski definition) is 0. The van der Waals surface area contributed by atoms with E-state index in [1.165, 1.54) is 7.11 Å². The van der Waals surface area contributed by atoms with Crippen LogP contribution in [0.4, 0.5) is 8.78 Å². The molecule has 3 nitrogen and oxygen atoms in total. The third-order valence-corrected chi connectivity index (χ3v) is 1.98. The summed E-state index contributed by atoms with van der Waals surface area (Å²) in [6.07, 6.45) is -3.65. The van der Waals surface area contributed by atoms with Crippen molar-refractivity contribution in [3.63, 3.8) is 0 Å². The molecule has 1 rings (SSSR count). The predicted molar refractivity (Wildman–Crippen MR) is 40.8 cm³/mol. The first-order valence-corrected chi connectivity index (χ1v) is 4.10. The zero-order chi connectivity index (χ0) is 9.84.